The number of ether oxygens (including phenoxy) is 2. The number of halogens is 3. The lowest BCUT2D eigenvalue weighted by atomic mass is 10.0. The lowest BCUT2D eigenvalue weighted by molar-refractivity contribution is -0.253. The van der Waals surface area contributed by atoms with Gasteiger partial charge in [0, 0.05) is 24.1 Å². The maximum Gasteiger partial charge on any atom is 0.417 e. The third kappa shape index (κ3) is 4.56. The fourth-order valence-electron chi connectivity index (χ4n) is 2.58. The SMILES string of the molecule is CCOc1cc2c(cc1CNC(=O)C[C@@](C)(O)C(F)(F)F)O[C@@H](C)C2. The van der Waals surface area contributed by atoms with Crippen LogP contribution in [0.15, 0.2) is 12.1 Å². The van der Waals surface area contributed by atoms with Gasteiger partial charge in [-0.05, 0) is 32.9 Å². The lowest BCUT2D eigenvalue weighted by Crippen LogP contribution is -2.46. The summed E-state index contributed by atoms with van der Waals surface area (Å²) in [6.45, 7) is 4.71. The lowest BCUT2D eigenvalue weighted by Gasteiger charge is -2.25. The van der Waals surface area contributed by atoms with Crippen LogP contribution in [0.3, 0.4) is 0 Å². The molecule has 8 heteroatoms. The Kier molecular flexibility index (Phi) is 5.51. The van der Waals surface area contributed by atoms with Crippen LogP contribution in [0.25, 0.3) is 0 Å². The first-order valence-electron chi connectivity index (χ1n) is 8.04. The zero-order valence-corrected chi connectivity index (χ0v) is 14.4. The van der Waals surface area contributed by atoms with Crippen LogP contribution in [-0.2, 0) is 17.8 Å². The van der Waals surface area contributed by atoms with Crippen molar-refractivity contribution in [2.45, 2.75) is 58.0 Å². The highest BCUT2D eigenvalue weighted by Gasteiger charge is 2.50. The van der Waals surface area contributed by atoms with Crippen molar-refractivity contribution in [2.75, 3.05) is 6.61 Å². The molecule has 0 spiro atoms. The second-order valence-electron chi connectivity index (χ2n) is 6.36. The van der Waals surface area contributed by atoms with Gasteiger partial charge in [0.05, 0.1) is 13.0 Å². The Labute approximate surface area is 144 Å². The third-order valence-electron chi connectivity index (χ3n) is 3.97. The van der Waals surface area contributed by atoms with Gasteiger partial charge in [0.25, 0.3) is 0 Å². The van der Waals surface area contributed by atoms with Gasteiger partial charge in [0.1, 0.15) is 17.6 Å². The largest absolute Gasteiger partial charge is 0.494 e. The summed E-state index contributed by atoms with van der Waals surface area (Å²) in [6, 6.07) is 3.56. The average molecular weight is 361 g/mol. The predicted octanol–water partition coefficient (Wildman–Crippen LogP) is 2.73. The number of hydrogen-bond acceptors (Lipinski definition) is 4. The molecule has 0 aromatic heterocycles. The van der Waals surface area contributed by atoms with Gasteiger partial charge in [-0.2, -0.15) is 13.2 Å². The van der Waals surface area contributed by atoms with E-state index in [9.17, 15) is 23.1 Å². The summed E-state index contributed by atoms with van der Waals surface area (Å²) in [4.78, 5) is 11.8. The Bertz CT molecular complexity index is 644. The molecule has 0 aliphatic carbocycles. The molecular weight excluding hydrogens is 339 g/mol. The van der Waals surface area contributed by atoms with E-state index in [1.165, 1.54) is 0 Å². The summed E-state index contributed by atoms with van der Waals surface area (Å²) in [5.74, 6) is 0.337. The molecule has 1 heterocycles. The third-order valence-corrected chi connectivity index (χ3v) is 3.97. The molecule has 0 saturated carbocycles. The van der Waals surface area contributed by atoms with Crippen LogP contribution in [-0.4, -0.2) is 35.5 Å². The van der Waals surface area contributed by atoms with Crippen molar-refractivity contribution >= 4 is 5.91 Å². The zero-order valence-electron chi connectivity index (χ0n) is 14.4. The van der Waals surface area contributed by atoms with E-state index in [1.807, 2.05) is 19.9 Å². The number of alkyl halides is 3. The van der Waals surface area contributed by atoms with E-state index in [2.05, 4.69) is 5.32 Å². The first-order valence-corrected chi connectivity index (χ1v) is 8.04. The summed E-state index contributed by atoms with van der Waals surface area (Å²) in [5, 5.41) is 11.8. The number of benzene rings is 1. The van der Waals surface area contributed by atoms with Gasteiger partial charge in [0.2, 0.25) is 5.91 Å². The van der Waals surface area contributed by atoms with Gasteiger partial charge in [0.15, 0.2) is 5.60 Å². The van der Waals surface area contributed by atoms with Gasteiger partial charge in [-0.3, -0.25) is 4.79 Å². The standard InChI is InChI=1S/C17H22F3NO4/c1-4-24-13-6-11-5-10(2)25-14(11)7-12(13)9-21-15(22)8-16(3,23)17(18,19)20/h6-7,10,23H,4-5,8-9H2,1-3H3,(H,21,22)/t10-,16+/m0/s1. The highest BCUT2D eigenvalue weighted by atomic mass is 19.4. The van der Waals surface area contributed by atoms with Crippen molar-refractivity contribution in [1.82, 2.24) is 5.32 Å². The molecule has 1 aromatic carbocycles. The fourth-order valence-corrected chi connectivity index (χ4v) is 2.58. The first kappa shape index (κ1) is 19.4. The fraction of sp³-hybridized carbons (Fsp3) is 0.588. The molecule has 2 rings (SSSR count). The van der Waals surface area contributed by atoms with Crippen LogP contribution in [0.4, 0.5) is 13.2 Å². The van der Waals surface area contributed by atoms with Crippen molar-refractivity contribution in [1.29, 1.82) is 0 Å². The Balaban J connectivity index is 2.07. The monoisotopic (exact) mass is 361 g/mol. The molecule has 2 N–H and O–H groups in total. The summed E-state index contributed by atoms with van der Waals surface area (Å²) in [5.41, 5.74) is -1.48. The minimum Gasteiger partial charge on any atom is -0.494 e. The van der Waals surface area contributed by atoms with Crippen LogP contribution in [0, 0.1) is 0 Å². The number of fused-ring (bicyclic) bond motifs is 1. The van der Waals surface area contributed by atoms with Gasteiger partial charge in [-0.15, -0.1) is 0 Å². The smallest absolute Gasteiger partial charge is 0.417 e. The topological polar surface area (TPSA) is 67.8 Å². The van der Waals surface area contributed by atoms with Crippen LogP contribution in [0.2, 0.25) is 0 Å². The maximum absolute atomic E-state index is 12.6. The molecule has 0 bridgehead atoms. The van der Waals surface area contributed by atoms with Crippen LogP contribution >= 0.6 is 0 Å². The van der Waals surface area contributed by atoms with Crippen molar-refractivity contribution in [3.8, 4) is 11.5 Å². The normalized spacial score (nSPS) is 18.9. The van der Waals surface area contributed by atoms with Crippen molar-refractivity contribution < 1.29 is 32.5 Å². The molecule has 25 heavy (non-hydrogen) atoms. The number of carbonyl (C=O) groups excluding carboxylic acids is 1. The van der Waals surface area contributed by atoms with Crippen LogP contribution in [0.1, 0.15) is 38.3 Å². The van der Waals surface area contributed by atoms with Gasteiger partial charge in [-0.25, -0.2) is 0 Å². The number of aliphatic hydroxyl groups is 1. The minimum atomic E-state index is -4.88. The molecular formula is C17H22F3NO4. The van der Waals surface area contributed by atoms with Gasteiger partial charge < -0.3 is 19.9 Å². The van der Waals surface area contributed by atoms with Crippen LogP contribution in [0.5, 0.6) is 11.5 Å². The summed E-state index contributed by atoms with van der Waals surface area (Å²) in [7, 11) is 0. The van der Waals surface area contributed by atoms with Crippen LogP contribution < -0.4 is 14.8 Å². The Morgan fingerprint density at radius 2 is 2.12 bits per heavy atom. The highest BCUT2D eigenvalue weighted by Crippen LogP contribution is 2.35. The van der Waals surface area contributed by atoms with Gasteiger partial charge in [-0.1, -0.05) is 0 Å². The summed E-state index contributed by atoms with van der Waals surface area (Å²) >= 11 is 0. The van der Waals surface area contributed by atoms with Gasteiger partial charge >= 0.3 is 6.18 Å². The molecule has 140 valence electrons. The van der Waals surface area contributed by atoms with E-state index in [0.717, 1.165) is 12.0 Å². The Morgan fingerprint density at radius 1 is 1.44 bits per heavy atom. The average Bonchev–Trinajstić information content (AvgIpc) is 2.82. The van der Waals surface area contributed by atoms with Crippen molar-refractivity contribution in [2.24, 2.45) is 0 Å². The number of amides is 1. The number of hydrogen-bond donors (Lipinski definition) is 2. The predicted molar refractivity (Wildman–Crippen MR) is 84.5 cm³/mol. The van der Waals surface area contributed by atoms with E-state index >= 15 is 0 Å². The molecule has 0 saturated heterocycles. The molecule has 0 unspecified atom stereocenters. The minimum absolute atomic E-state index is 0.0207. The number of rotatable bonds is 6. The number of carbonyl (C=O) groups is 1. The summed E-state index contributed by atoms with van der Waals surface area (Å²) < 4.78 is 49.1. The Hall–Kier alpha value is -1.96. The summed E-state index contributed by atoms with van der Waals surface area (Å²) in [6.07, 6.45) is -5.16. The van der Waals surface area contributed by atoms with E-state index in [4.69, 9.17) is 9.47 Å². The van der Waals surface area contributed by atoms with E-state index in [-0.39, 0.29) is 12.6 Å². The molecule has 1 aliphatic heterocycles. The van der Waals surface area contributed by atoms with E-state index < -0.39 is 24.1 Å². The second-order valence-corrected chi connectivity index (χ2v) is 6.36. The zero-order chi connectivity index (χ0) is 18.8. The van der Waals surface area contributed by atoms with E-state index in [0.29, 0.717) is 30.6 Å². The highest BCUT2D eigenvalue weighted by molar-refractivity contribution is 5.77. The molecule has 2 atom stereocenters. The van der Waals surface area contributed by atoms with Crippen molar-refractivity contribution in [3.05, 3.63) is 23.3 Å². The molecule has 1 aliphatic rings. The quantitative estimate of drug-likeness (QED) is 0.818. The first-order chi connectivity index (χ1) is 11.5. The van der Waals surface area contributed by atoms with Crippen molar-refractivity contribution in [3.63, 3.8) is 0 Å². The molecule has 1 amide bonds. The maximum atomic E-state index is 12.6. The molecule has 0 radical (unpaired) electrons. The van der Waals surface area contributed by atoms with E-state index in [1.54, 1.807) is 6.07 Å². The second kappa shape index (κ2) is 7.11. The molecule has 5 nitrogen and oxygen atoms in total. The molecule has 0 fully saturated rings. The molecule has 1 aromatic rings. The number of nitrogens with one attached hydrogen (secondary N) is 1. The Morgan fingerprint density at radius 3 is 2.72 bits per heavy atom.